The summed E-state index contributed by atoms with van der Waals surface area (Å²) < 4.78 is 16.7. The first-order chi connectivity index (χ1) is 29.5. The fraction of sp³-hybridized carbons (Fsp3) is 0.722. The molecule has 0 saturated carbocycles. The smallest absolute Gasteiger partial charge is 0.306 e. The lowest BCUT2D eigenvalue weighted by Crippen LogP contribution is -2.30. The van der Waals surface area contributed by atoms with E-state index in [4.69, 9.17) is 14.2 Å². The number of carbonyl (C=O) groups excluding carboxylic acids is 3. The SMILES string of the molecule is CC/C=C\C/C=C\C/C=C\C/C=C\C/C=C\CCC(=O)OCC(COC(=O)CCCCCCCCCCCCC)OC(=O)CCCCCCCCC/C=C\CCCCCC. The van der Waals surface area contributed by atoms with E-state index in [-0.39, 0.29) is 37.5 Å². The number of hydrogen-bond donors (Lipinski definition) is 0. The third-order valence-corrected chi connectivity index (χ3v) is 10.5. The summed E-state index contributed by atoms with van der Waals surface area (Å²) in [5.74, 6) is -0.990. The summed E-state index contributed by atoms with van der Waals surface area (Å²) in [6, 6.07) is 0. The van der Waals surface area contributed by atoms with Crippen LogP contribution in [0.2, 0.25) is 0 Å². The first-order valence-electron chi connectivity index (χ1n) is 24.9. The summed E-state index contributed by atoms with van der Waals surface area (Å²) in [4.78, 5) is 37.8. The summed E-state index contributed by atoms with van der Waals surface area (Å²) in [7, 11) is 0. The van der Waals surface area contributed by atoms with Crippen molar-refractivity contribution in [2.45, 2.75) is 239 Å². The highest BCUT2D eigenvalue weighted by Gasteiger charge is 2.19. The van der Waals surface area contributed by atoms with E-state index in [1.54, 1.807) is 0 Å². The Balaban J connectivity index is 4.48. The van der Waals surface area contributed by atoms with Gasteiger partial charge >= 0.3 is 17.9 Å². The van der Waals surface area contributed by atoms with Crippen molar-refractivity contribution in [1.29, 1.82) is 0 Å². The topological polar surface area (TPSA) is 78.9 Å². The molecular formula is C54H92O6. The third-order valence-electron chi connectivity index (χ3n) is 10.5. The van der Waals surface area contributed by atoms with E-state index in [9.17, 15) is 14.4 Å². The van der Waals surface area contributed by atoms with Crippen LogP contribution in [0.25, 0.3) is 0 Å². The Morgan fingerprint density at radius 1 is 0.350 bits per heavy atom. The molecule has 6 heteroatoms. The van der Waals surface area contributed by atoms with Gasteiger partial charge < -0.3 is 14.2 Å². The van der Waals surface area contributed by atoms with Crippen LogP contribution in [-0.2, 0) is 28.6 Å². The van der Waals surface area contributed by atoms with Crippen molar-refractivity contribution >= 4 is 17.9 Å². The minimum atomic E-state index is -0.804. The summed E-state index contributed by atoms with van der Waals surface area (Å²) in [5.41, 5.74) is 0. The maximum absolute atomic E-state index is 12.8. The molecule has 1 atom stereocenters. The predicted molar refractivity (Wildman–Crippen MR) is 256 cm³/mol. The van der Waals surface area contributed by atoms with E-state index in [0.29, 0.717) is 19.3 Å². The predicted octanol–water partition coefficient (Wildman–Crippen LogP) is 16.3. The van der Waals surface area contributed by atoms with Crippen molar-refractivity contribution in [3.63, 3.8) is 0 Å². The molecule has 0 heterocycles. The number of hydrogen-bond acceptors (Lipinski definition) is 6. The molecule has 0 aliphatic carbocycles. The molecule has 0 radical (unpaired) electrons. The highest BCUT2D eigenvalue weighted by molar-refractivity contribution is 5.71. The Morgan fingerprint density at radius 3 is 1.13 bits per heavy atom. The second-order valence-electron chi connectivity index (χ2n) is 16.3. The average Bonchev–Trinajstić information content (AvgIpc) is 3.24. The number of ether oxygens (including phenoxy) is 3. The zero-order valence-electron chi connectivity index (χ0n) is 39.2. The summed E-state index contributed by atoms with van der Waals surface area (Å²) in [6.45, 7) is 6.43. The van der Waals surface area contributed by atoms with Gasteiger partial charge in [-0.05, 0) is 77.0 Å². The van der Waals surface area contributed by atoms with Crippen LogP contribution < -0.4 is 0 Å². The molecule has 0 saturated heterocycles. The van der Waals surface area contributed by atoms with Gasteiger partial charge in [0.15, 0.2) is 6.10 Å². The average molecular weight is 837 g/mol. The lowest BCUT2D eigenvalue weighted by molar-refractivity contribution is -0.166. The Morgan fingerprint density at radius 2 is 0.683 bits per heavy atom. The maximum Gasteiger partial charge on any atom is 0.306 e. The van der Waals surface area contributed by atoms with Crippen molar-refractivity contribution in [2.24, 2.45) is 0 Å². The van der Waals surface area contributed by atoms with E-state index in [0.717, 1.165) is 70.6 Å². The molecule has 0 aromatic carbocycles. The van der Waals surface area contributed by atoms with Crippen LogP contribution in [0.1, 0.15) is 233 Å². The Labute approximate surface area is 370 Å². The monoisotopic (exact) mass is 837 g/mol. The molecule has 0 aromatic heterocycles. The molecule has 0 rings (SSSR count). The zero-order valence-corrected chi connectivity index (χ0v) is 39.2. The van der Waals surface area contributed by atoms with Gasteiger partial charge in [0, 0.05) is 19.3 Å². The van der Waals surface area contributed by atoms with Crippen molar-refractivity contribution < 1.29 is 28.6 Å². The van der Waals surface area contributed by atoms with Crippen LogP contribution in [0.5, 0.6) is 0 Å². The molecule has 0 aliphatic heterocycles. The Bertz CT molecular complexity index is 1140. The van der Waals surface area contributed by atoms with Gasteiger partial charge in [0.05, 0.1) is 0 Å². The minimum Gasteiger partial charge on any atom is -0.462 e. The van der Waals surface area contributed by atoms with E-state index in [1.807, 2.05) is 6.08 Å². The Hall–Kier alpha value is -3.15. The first-order valence-corrected chi connectivity index (χ1v) is 24.9. The van der Waals surface area contributed by atoms with Crippen molar-refractivity contribution in [3.05, 3.63) is 72.9 Å². The number of unbranched alkanes of at least 4 members (excludes halogenated alkanes) is 21. The van der Waals surface area contributed by atoms with E-state index < -0.39 is 6.10 Å². The molecule has 344 valence electrons. The van der Waals surface area contributed by atoms with Crippen LogP contribution in [0.4, 0.5) is 0 Å². The van der Waals surface area contributed by atoms with Gasteiger partial charge in [-0.3, -0.25) is 14.4 Å². The molecular weight excluding hydrogens is 745 g/mol. The van der Waals surface area contributed by atoms with Crippen LogP contribution in [-0.4, -0.2) is 37.2 Å². The lowest BCUT2D eigenvalue weighted by Gasteiger charge is -2.18. The van der Waals surface area contributed by atoms with E-state index >= 15 is 0 Å². The second-order valence-corrected chi connectivity index (χ2v) is 16.3. The minimum absolute atomic E-state index is 0.0985. The van der Waals surface area contributed by atoms with Gasteiger partial charge in [0.25, 0.3) is 0 Å². The summed E-state index contributed by atoms with van der Waals surface area (Å²) >= 11 is 0. The van der Waals surface area contributed by atoms with Gasteiger partial charge in [-0.25, -0.2) is 0 Å². The van der Waals surface area contributed by atoms with Crippen molar-refractivity contribution in [1.82, 2.24) is 0 Å². The first kappa shape index (κ1) is 56.9. The molecule has 1 unspecified atom stereocenters. The second kappa shape index (κ2) is 48.5. The largest absolute Gasteiger partial charge is 0.462 e. The number of rotatable bonds is 44. The summed E-state index contributed by atoms with van der Waals surface area (Å²) in [5, 5.41) is 0. The number of esters is 3. The van der Waals surface area contributed by atoms with Crippen LogP contribution in [0.15, 0.2) is 72.9 Å². The third kappa shape index (κ3) is 45.9. The molecule has 0 bridgehead atoms. The van der Waals surface area contributed by atoms with Gasteiger partial charge in [-0.1, -0.05) is 209 Å². The maximum atomic E-state index is 12.8. The van der Waals surface area contributed by atoms with Crippen LogP contribution in [0.3, 0.4) is 0 Å². The fourth-order valence-corrected chi connectivity index (χ4v) is 6.72. The van der Waals surface area contributed by atoms with Crippen molar-refractivity contribution in [3.8, 4) is 0 Å². The van der Waals surface area contributed by atoms with Crippen LogP contribution in [0, 0.1) is 0 Å². The molecule has 6 nitrogen and oxygen atoms in total. The number of carbonyl (C=O) groups is 3. The zero-order chi connectivity index (χ0) is 43.7. The van der Waals surface area contributed by atoms with E-state index in [1.165, 1.54) is 116 Å². The molecule has 0 fully saturated rings. The quantitative estimate of drug-likeness (QED) is 0.0263. The van der Waals surface area contributed by atoms with Gasteiger partial charge in [-0.2, -0.15) is 0 Å². The standard InChI is InChI=1S/C54H92O6/c1-4-7-10-13-16-19-22-24-26-28-29-32-35-38-41-44-47-53(56)59-50-51(49-58-52(55)46-43-40-37-34-31-21-18-15-12-9-6-3)60-54(57)48-45-42-39-36-33-30-27-25-23-20-17-14-11-8-5-2/h7,10,16,19-20,23-24,26,29,32,38,41,51H,4-6,8-9,11-15,17-18,21-22,25,27-28,30-31,33-37,39-40,42-50H2,1-3H3/b10-7-,19-16-,23-20-,26-24-,32-29-,41-38-. The normalized spacial score (nSPS) is 12.7. The molecule has 60 heavy (non-hydrogen) atoms. The molecule has 0 amide bonds. The lowest BCUT2D eigenvalue weighted by atomic mass is 10.1. The highest BCUT2D eigenvalue weighted by Crippen LogP contribution is 2.14. The van der Waals surface area contributed by atoms with E-state index in [2.05, 4.69) is 87.6 Å². The fourth-order valence-electron chi connectivity index (χ4n) is 6.72. The highest BCUT2D eigenvalue weighted by atomic mass is 16.6. The van der Waals surface area contributed by atoms with Crippen LogP contribution >= 0.6 is 0 Å². The van der Waals surface area contributed by atoms with Gasteiger partial charge in [0.2, 0.25) is 0 Å². The van der Waals surface area contributed by atoms with Crippen molar-refractivity contribution in [2.75, 3.05) is 13.2 Å². The number of allylic oxidation sites excluding steroid dienone is 12. The summed E-state index contributed by atoms with van der Waals surface area (Å²) in [6.07, 6.45) is 60.4. The van der Waals surface area contributed by atoms with Gasteiger partial charge in [0.1, 0.15) is 13.2 Å². The van der Waals surface area contributed by atoms with Gasteiger partial charge in [-0.15, -0.1) is 0 Å². The molecule has 0 aliphatic rings. The Kier molecular flexibility index (Phi) is 46.0. The molecule has 0 spiro atoms. The molecule has 0 N–H and O–H groups in total. The molecule has 0 aromatic rings.